The molecule has 1 atom stereocenters. The third kappa shape index (κ3) is 5.68. The number of thioether (sulfide) groups is 1. The maximum Gasteiger partial charge on any atom is 0.277 e. The highest BCUT2D eigenvalue weighted by Gasteiger charge is 2.14. The van der Waals surface area contributed by atoms with Crippen LogP contribution in [0.15, 0.2) is 51.4 Å². The lowest BCUT2D eigenvalue weighted by Crippen LogP contribution is -2.28. The molecular formula is C20H23N3O2S2. The number of carbonyl (C=O) groups excluding carboxylic acids is 1. The van der Waals surface area contributed by atoms with Crippen molar-refractivity contribution in [2.75, 3.05) is 5.75 Å². The number of hydrogen-bond donors (Lipinski definition) is 1. The molecule has 0 radical (unpaired) electrons. The molecule has 0 saturated heterocycles. The van der Waals surface area contributed by atoms with Crippen LogP contribution in [0.1, 0.15) is 37.9 Å². The van der Waals surface area contributed by atoms with Crippen LogP contribution in [0.4, 0.5) is 0 Å². The summed E-state index contributed by atoms with van der Waals surface area (Å²) in [7, 11) is 0. The smallest absolute Gasteiger partial charge is 0.277 e. The van der Waals surface area contributed by atoms with Crippen molar-refractivity contribution in [1.82, 2.24) is 15.5 Å². The first kappa shape index (κ1) is 19.6. The lowest BCUT2D eigenvalue weighted by Gasteiger charge is -2.15. The summed E-state index contributed by atoms with van der Waals surface area (Å²) in [6, 6.07) is 12.3. The van der Waals surface area contributed by atoms with E-state index in [1.165, 1.54) is 28.7 Å². The molecule has 0 aliphatic heterocycles. The molecule has 0 bridgehead atoms. The van der Waals surface area contributed by atoms with E-state index in [1.807, 2.05) is 24.4 Å². The van der Waals surface area contributed by atoms with E-state index in [1.54, 1.807) is 0 Å². The largest absolute Gasteiger partial charge is 0.410 e. The summed E-state index contributed by atoms with van der Waals surface area (Å²) in [4.78, 5) is 13.2. The van der Waals surface area contributed by atoms with Crippen molar-refractivity contribution < 1.29 is 9.21 Å². The maximum atomic E-state index is 12.2. The molecule has 0 spiro atoms. The Hall–Kier alpha value is -2.12. The number of benzene rings is 1. The molecule has 1 amide bonds. The summed E-state index contributed by atoms with van der Waals surface area (Å²) < 4.78 is 5.58. The van der Waals surface area contributed by atoms with Crippen molar-refractivity contribution in [2.45, 2.75) is 38.5 Å². The molecule has 0 unspecified atom stereocenters. The van der Waals surface area contributed by atoms with E-state index in [9.17, 15) is 4.79 Å². The summed E-state index contributed by atoms with van der Waals surface area (Å²) >= 11 is 2.78. The standard InChI is InChI=1S/C20H23N3O2S2/c1-13(2)11-15-6-8-16(9-7-15)14(3)21-18(24)12-27-20-23-22-19(25-20)17-5-4-10-26-17/h4-10,13-14H,11-12H2,1-3H3,(H,21,24)/t14-/m1/s1. The van der Waals surface area contributed by atoms with Crippen LogP contribution in [-0.2, 0) is 11.2 Å². The molecule has 0 fully saturated rings. The quantitative estimate of drug-likeness (QED) is 0.540. The number of hydrogen-bond acceptors (Lipinski definition) is 6. The number of nitrogens with zero attached hydrogens (tertiary/aromatic N) is 2. The molecule has 2 aromatic heterocycles. The third-order valence-corrected chi connectivity index (χ3v) is 5.64. The summed E-state index contributed by atoms with van der Waals surface area (Å²) in [5.74, 6) is 1.30. The summed E-state index contributed by atoms with van der Waals surface area (Å²) in [5, 5.41) is 13.4. The molecule has 7 heteroatoms. The zero-order valence-electron chi connectivity index (χ0n) is 15.6. The first-order chi connectivity index (χ1) is 13.0. The van der Waals surface area contributed by atoms with E-state index in [0.717, 1.165) is 16.9 Å². The molecule has 3 aromatic rings. The highest BCUT2D eigenvalue weighted by molar-refractivity contribution is 7.99. The Morgan fingerprint density at radius 2 is 1.96 bits per heavy atom. The van der Waals surface area contributed by atoms with E-state index in [2.05, 4.69) is 53.6 Å². The van der Waals surface area contributed by atoms with Crippen LogP contribution in [-0.4, -0.2) is 21.9 Å². The zero-order chi connectivity index (χ0) is 19.2. The molecule has 1 aromatic carbocycles. The number of rotatable bonds is 8. The fraction of sp³-hybridized carbons (Fsp3) is 0.350. The SMILES string of the molecule is CC(C)Cc1ccc([C@@H](C)NC(=O)CSc2nnc(-c3cccs3)o2)cc1. The van der Waals surface area contributed by atoms with Crippen LogP contribution in [0.2, 0.25) is 0 Å². The number of thiophene rings is 1. The normalized spacial score (nSPS) is 12.3. The summed E-state index contributed by atoms with van der Waals surface area (Å²) in [5.41, 5.74) is 2.42. The lowest BCUT2D eigenvalue weighted by atomic mass is 10.00. The third-order valence-electron chi connectivity index (χ3n) is 3.97. The number of aromatic nitrogens is 2. The Balaban J connectivity index is 1.48. The molecule has 0 saturated carbocycles. The number of carbonyl (C=O) groups is 1. The van der Waals surface area contributed by atoms with Crippen molar-refractivity contribution in [3.63, 3.8) is 0 Å². The van der Waals surface area contributed by atoms with Gasteiger partial charge in [-0.15, -0.1) is 21.5 Å². The van der Waals surface area contributed by atoms with Gasteiger partial charge in [0.05, 0.1) is 16.7 Å². The van der Waals surface area contributed by atoms with Crippen LogP contribution < -0.4 is 5.32 Å². The van der Waals surface area contributed by atoms with Crippen LogP contribution in [0.25, 0.3) is 10.8 Å². The van der Waals surface area contributed by atoms with Crippen LogP contribution in [0.5, 0.6) is 0 Å². The molecule has 142 valence electrons. The van der Waals surface area contributed by atoms with Gasteiger partial charge in [-0.3, -0.25) is 4.79 Å². The fourth-order valence-corrected chi connectivity index (χ4v) is 3.89. The predicted octanol–water partition coefficient (Wildman–Crippen LogP) is 4.97. The average molecular weight is 402 g/mol. The number of nitrogens with one attached hydrogen (secondary N) is 1. The van der Waals surface area contributed by atoms with Gasteiger partial charge in [-0.05, 0) is 41.8 Å². The Labute approximate surface area is 167 Å². The van der Waals surface area contributed by atoms with Crippen LogP contribution in [0, 0.1) is 5.92 Å². The Kier molecular flexibility index (Phi) is 6.68. The first-order valence-electron chi connectivity index (χ1n) is 8.89. The molecule has 1 N–H and O–H groups in total. The van der Waals surface area contributed by atoms with Crippen molar-refractivity contribution in [3.8, 4) is 10.8 Å². The van der Waals surface area contributed by atoms with Crippen molar-refractivity contribution in [3.05, 3.63) is 52.9 Å². The zero-order valence-corrected chi connectivity index (χ0v) is 17.3. The first-order valence-corrected chi connectivity index (χ1v) is 10.8. The second-order valence-corrected chi connectivity index (χ2v) is 8.64. The number of amides is 1. The highest BCUT2D eigenvalue weighted by Crippen LogP contribution is 2.26. The van der Waals surface area contributed by atoms with Crippen LogP contribution >= 0.6 is 23.1 Å². The molecule has 0 aliphatic rings. The van der Waals surface area contributed by atoms with Gasteiger partial charge in [0.15, 0.2) is 0 Å². The fourth-order valence-electron chi connectivity index (χ4n) is 2.68. The van der Waals surface area contributed by atoms with Gasteiger partial charge in [-0.2, -0.15) is 0 Å². The van der Waals surface area contributed by atoms with Crippen molar-refractivity contribution in [1.29, 1.82) is 0 Å². The van der Waals surface area contributed by atoms with E-state index in [4.69, 9.17) is 4.42 Å². The van der Waals surface area contributed by atoms with Crippen LogP contribution in [0.3, 0.4) is 0 Å². The molecule has 5 nitrogen and oxygen atoms in total. The second kappa shape index (κ2) is 9.19. The molecule has 27 heavy (non-hydrogen) atoms. The topological polar surface area (TPSA) is 68.0 Å². The second-order valence-electron chi connectivity index (χ2n) is 6.77. The minimum Gasteiger partial charge on any atom is -0.410 e. The van der Waals surface area contributed by atoms with E-state index >= 15 is 0 Å². The van der Waals surface area contributed by atoms with Crippen molar-refractivity contribution >= 4 is 29.0 Å². The molecule has 2 heterocycles. The average Bonchev–Trinajstić information content (AvgIpc) is 3.31. The van der Waals surface area contributed by atoms with Gasteiger partial charge < -0.3 is 9.73 Å². The van der Waals surface area contributed by atoms with Gasteiger partial charge in [0.1, 0.15) is 0 Å². The minimum atomic E-state index is -0.0605. The van der Waals surface area contributed by atoms with E-state index in [-0.39, 0.29) is 17.7 Å². The maximum absolute atomic E-state index is 12.2. The summed E-state index contributed by atoms with van der Waals surface area (Å²) in [6.07, 6.45) is 1.06. The van der Waals surface area contributed by atoms with Gasteiger partial charge in [0.2, 0.25) is 5.91 Å². The van der Waals surface area contributed by atoms with Gasteiger partial charge in [-0.1, -0.05) is 55.9 Å². The Morgan fingerprint density at radius 3 is 2.63 bits per heavy atom. The highest BCUT2D eigenvalue weighted by atomic mass is 32.2. The Morgan fingerprint density at radius 1 is 1.19 bits per heavy atom. The Bertz CT molecular complexity index is 858. The van der Waals surface area contributed by atoms with E-state index < -0.39 is 0 Å². The molecule has 0 aliphatic carbocycles. The molecular weight excluding hydrogens is 378 g/mol. The van der Waals surface area contributed by atoms with Gasteiger partial charge >= 0.3 is 0 Å². The van der Waals surface area contributed by atoms with Crippen molar-refractivity contribution in [2.24, 2.45) is 5.92 Å². The minimum absolute atomic E-state index is 0.0458. The molecule has 3 rings (SSSR count). The summed E-state index contributed by atoms with van der Waals surface area (Å²) in [6.45, 7) is 6.41. The van der Waals surface area contributed by atoms with Gasteiger partial charge in [-0.25, -0.2) is 0 Å². The monoisotopic (exact) mass is 401 g/mol. The van der Waals surface area contributed by atoms with Gasteiger partial charge in [0.25, 0.3) is 11.1 Å². The lowest BCUT2D eigenvalue weighted by molar-refractivity contribution is -0.119. The van der Waals surface area contributed by atoms with Gasteiger partial charge in [0, 0.05) is 0 Å². The predicted molar refractivity (Wildman–Crippen MR) is 110 cm³/mol. The van der Waals surface area contributed by atoms with E-state index in [0.29, 0.717) is 17.0 Å².